The molecule has 28 heavy (non-hydrogen) atoms. The van der Waals surface area contributed by atoms with Crippen LogP contribution in [0.15, 0.2) is 66.7 Å². The Balaban J connectivity index is 1.58. The highest BCUT2D eigenvalue weighted by Crippen LogP contribution is 2.19. The number of hydrogen-bond donors (Lipinski definition) is 2. The molecule has 0 spiro atoms. The molecule has 0 aliphatic carbocycles. The average Bonchev–Trinajstić information content (AvgIpc) is 2.72. The van der Waals surface area contributed by atoms with Crippen molar-refractivity contribution in [3.8, 4) is 5.75 Å². The Kier molecular flexibility index (Phi) is 6.27. The zero-order valence-electron chi connectivity index (χ0n) is 16.1. The van der Waals surface area contributed by atoms with Crippen LogP contribution in [0, 0.1) is 6.92 Å². The van der Waals surface area contributed by atoms with E-state index in [9.17, 15) is 9.59 Å². The molecule has 2 amide bonds. The Labute approximate surface area is 164 Å². The first kappa shape index (κ1) is 19.4. The van der Waals surface area contributed by atoms with Crippen LogP contribution in [0.25, 0.3) is 10.8 Å². The van der Waals surface area contributed by atoms with Gasteiger partial charge in [-0.2, -0.15) is 0 Å². The largest absolute Gasteiger partial charge is 0.480 e. The van der Waals surface area contributed by atoms with E-state index in [0.29, 0.717) is 12.2 Å². The molecule has 0 aliphatic rings. The maximum atomic E-state index is 12.4. The molecule has 0 fully saturated rings. The SMILES string of the molecule is CCC(Oc1ccccc1C)C(=O)NNC(=O)Cc1cccc2ccccc12. The first-order valence-electron chi connectivity index (χ1n) is 9.36. The molecule has 1 atom stereocenters. The highest BCUT2D eigenvalue weighted by molar-refractivity contribution is 5.91. The van der Waals surface area contributed by atoms with Crippen LogP contribution in [0.2, 0.25) is 0 Å². The van der Waals surface area contributed by atoms with Gasteiger partial charge in [-0.15, -0.1) is 0 Å². The number of hydrazine groups is 1. The molecule has 3 aromatic rings. The lowest BCUT2D eigenvalue weighted by molar-refractivity contribution is -0.133. The second-order valence-corrected chi connectivity index (χ2v) is 6.63. The number of nitrogens with one attached hydrogen (secondary N) is 2. The zero-order chi connectivity index (χ0) is 19.9. The minimum atomic E-state index is -0.682. The minimum absolute atomic E-state index is 0.178. The summed E-state index contributed by atoms with van der Waals surface area (Å²) in [4.78, 5) is 24.7. The van der Waals surface area contributed by atoms with Crippen LogP contribution >= 0.6 is 0 Å². The first-order valence-corrected chi connectivity index (χ1v) is 9.36. The van der Waals surface area contributed by atoms with Gasteiger partial charge in [0.05, 0.1) is 6.42 Å². The van der Waals surface area contributed by atoms with Crippen molar-refractivity contribution in [2.45, 2.75) is 32.8 Å². The number of fused-ring (bicyclic) bond motifs is 1. The topological polar surface area (TPSA) is 67.4 Å². The number of aryl methyl sites for hydroxylation is 1. The maximum absolute atomic E-state index is 12.4. The van der Waals surface area contributed by atoms with Crippen molar-refractivity contribution in [2.24, 2.45) is 0 Å². The molecule has 3 rings (SSSR count). The van der Waals surface area contributed by atoms with Crippen LogP contribution in [0.3, 0.4) is 0 Å². The summed E-state index contributed by atoms with van der Waals surface area (Å²) in [5.41, 5.74) is 6.83. The van der Waals surface area contributed by atoms with Crippen molar-refractivity contribution in [2.75, 3.05) is 0 Å². The van der Waals surface area contributed by atoms with Crippen molar-refractivity contribution < 1.29 is 14.3 Å². The number of amides is 2. The molecule has 3 aromatic carbocycles. The third kappa shape index (κ3) is 4.68. The van der Waals surface area contributed by atoms with Crippen LogP contribution in [0.4, 0.5) is 0 Å². The van der Waals surface area contributed by atoms with E-state index in [1.54, 1.807) is 0 Å². The number of benzene rings is 3. The van der Waals surface area contributed by atoms with Crippen LogP contribution in [0.5, 0.6) is 5.75 Å². The molecule has 144 valence electrons. The quantitative estimate of drug-likeness (QED) is 0.645. The predicted molar refractivity (Wildman–Crippen MR) is 110 cm³/mol. The fourth-order valence-electron chi connectivity index (χ4n) is 3.04. The molecule has 0 aromatic heterocycles. The molecule has 0 aliphatic heterocycles. The Morgan fingerprint density at radius 3 is 2.43 bits per heavy atom. The molecule has 0 saturated heterocycles. The maximum Gasteiger partial charge on any atom is 0.279 e. The number of rotatable bonds is 6. The van der Waals surface area contributed by atoms with Gasteiger partial charge in [-0.1, -0.05) is 67.6 Å². The number of para-hydroxylation sites is 1. The van der Waals surface area contributed by atoms with Gasteiger partial charge in [0, 0.05) is 0 Å². The summed E-state index contributed by atoms with van der Waals surface area (Å²) in [6, 6.07) is 21.3. The van der Waals surface area contributed by atoms with Gasteiger partial charge in [0.25, 0.3) is 5.91 Å². The Morgan fingerprint density at radius 1 is 0.929 bits per heavy atom. The van der Waals surface area contributed by atoms with Crippen molar-refractivity contribution in [1.29, 1.82) is 0 Å². The van der Waals surface area contributed by atoms with Crippen molar-refractivity contribution in [3.63, 3.8) is 0 Å². The van der Waals surface area contributed by atoms with Gasteiger partial charge in [-0.3, -0.25) is 20.4 Å². The van der Waals surface area contributed by atoms with E-state index < -0.39 is 6.10 Å². The molecule has 0 bridgehead atoms. The smallest absolute Gasteiger partial charge is 0.279 e. The van der Waals surface area contributed by atoms with E-state index in [-0.39, 0.29) is 18.2 Å². The van der Waals surface area contributed by atoms with Crippen LogP contribution in [-0.2, 0) is 16.0 Å². The second-order valence-electron chi connectivity index (χ2n) is 6.63. The number of carbonyl (C=O) groups excluding carboxylic acids is 2. The van der Waals surface area contributed by atoms with Crippen molar-refractivity contribution in [3.05, 3.63) is 77.9 Å². The van der Waals surface area contributed by atoms with Crippen LogP contribution in [-0.4, -0.2) is 17.9 Å². The highest BCUT2D eigenvalue weighted by atomic mass is 16.5. The highest BCUT2D eigenvalue weighted by Gasteiger charge is 2.19. The van der Waals surface area contributed by atoms with Gasteiger partial charge in [0.2, 0.25) is 5.91 Å². The van der Waals surface area contributed by atoms with E-state index in [2.05, 4.69) is 10.9 Å². The number of ether oxygens (including phenoxy) is 1. The van der Waals surface area contributed by atoms with Crippen molar-refractivity contribution >= 4 is 22.6 Å². The van der Waals surface area contributed by atoms with Gasteiger partial charge < -0.3 is 4.74 Å². The van der Waals surface area contributed by atoms with E-state index >= 15 is 0 Å². The summed E-state index contributed by atoms with van der Waals surface area (Å²) >= 11 is 0. The number of carbonyl (C=O) groups is 2. The van der Waals surface area contributed by atoms with Gasteiger partial charge >= 0.3 is 0 Å². The Morgan fingerprint density at radius 2 is 1.64 bits per heavy atom. The molecule has 5 nitrogen and oxygen atoms in total. The summed E-state index contributed by atoms with van der Waals surface area (Å²) in [6.07, 6.45) is -0.0184. The Bertz CT molecular complexity index is 979. The first-order chi connectivity index (χ1) is 13.6. The van der Waals surface area contributed by atoms with E-state index in [4.69, 9.17) is 4.74 Å². The summed E-state index contributed by atoms with van der Waals surface area (Å²) in [6.45, 7) is 3.78. The Hall–Kier alpha value is -3.34. The molecule has 0 heterocycles. The molecular weight excluding hydrogens is 352 g/mol. The molecule has 0 radical (unpaired) electrons. The molecule has 2 N–H and O–H groups in total. The molecule has 1 unspecified atom stereocenters. The monoisotopic (exact) mass is 376 g/mol. The van der Waals surface area contributed by atoms with E-state index in [0.717, 1.165) is 21.9 Å². The van der Waals surface area contributed by atoms with Crippen LogP contribution in [0.1, 0.15) is 24.5 Å². The lowest BCUT2D eigenvalue weighted by atomic mass is 10.0. The molecule has 5 heteroatoms. The summed E-state index contributed by atoms with van der Waals surface area (Å²) in [5.74, 6) is -0.000877. The van der Waals surface area contributed by atoms with Crippen LogP contribution < -0.4 is 15.6 Å². The summed E-state index contributed by atoms with van der Waals surface area (Å²) in [7, 11) is 0. The van der Waals surface area contributed by atoms with Gasteiger partial charge in [-0.25, -0.2) is 0 Å². The standard InChI is InChI=1S/C23H24N2O3/c1-3-20(28-21-14-7-4-9-16(21)2)23(27)25-24-22(26)15-18-12-8-11-17-10-5-6-13-19(17)18/h4-14,20H,3,15H2,1-2H3,(H,24,26)(H,25,27). The van der Waals surface area contributed by atoms with E-state index in [1.807, 2.05) is 80.6 Å². The van der Waals surface area contributed by atoms with E-state index in [1.165, 1.54) is 0 Å². The fourth-order valence-corrected chi connectivity index (χ4v) is 3.04. The lowest BCUT2D eigenvalue weighted by Crippen LogP contribution is -2.48. The number of hydrogen-bond acceptors (Lipinski definition) is 3. The van der Waals surface area contributed by atoms with Gasteiger partial charge in [0.15, 0.2) is 6.10 Å². The second kappa shape index (κ2) is 9.04. The minimum Gasteiger partial charge on any atom is -0.480 e. The fraction of sp³-hybridized carbons (Fsp3) is 0.217. The third-order valence-electron chi connectivity index (χ3n) is 4.58. The zero-order valence-corrected chi connectivity index (χ0v) is 16.1. The lowest BCUT2D eigenvalue weighted by Gasteiger charge is -2.18. The average molecular weight is 376 g/mol. The van der Waals surface area contributed by atoms with Gasteiger partial charge in [-0.05, 0) is 41.3 Å². The van der Waals surface area contributed by atoms with Crippen molar-refractivity contribution in [1.82, 2.24) is 10.9 Å². The summed E-state index contributed by atoms with van der Waals surface area (Å²) in [5, 5.41) is 2.11. The predicted octanol–water partition coefficient (Wildman–Crippen LogP) is 3.70. The third-order valence-corrected chi connectivity index (χ3v) is 4.58. The van der Waals surface area contributed by atoms with Gasteiger partial charge in [0.1, 0.15) is 5.75 Å². The molecular formula is C23H24N2O3. The normalized spacial score (nSPS) is 11.6. The molecule has 0 saturated carbocycles. The summed E-state index contributed by atoms with van der Waals surface area (Å²) < 4.78 is 5.80.